The Kier molecular flexibility index (Phi) is 8.10. The Hall–Kier alpha value is -1.94. The topological polar surface area (TPSA) is 84.0 Å². The van der Waals surface area contributed by atoms with E-state index in [1.807, 2.05) is 18.2 Å². The average molecular weight is 467 g/mol. The van der Waals surface area contributed by atoms with Crippen molar-refractivity contribution in [2.45, 2.75) is 18.2 Å². The number of hydrogen-bond donors (Lipinski definition) is 0. The van der Waals surface area contributed by atoms with Crippen molar-refractivity contribution < 1.29 is 21.6 Å². The van der Waals surface area contributed by atoms with Crippen LogP contribution < -0.4 is 4.74 Å². The first-order valence-electron chi connectivity index (χ1n) is 10.5. The van der Waals surface area contributed by atoms with E-state index in [-0.39, 0.29) is 23.0 Å². The van der Waals surface area contributed by atoms with Gasteiger partial charge in [-0.25, -0.2) is 16.8 Å². The molecule has 3 rings (SSSR count). The highest BCUT2D eigenvalue weighted by Gasteiger charge is 2.28. The standard InChI is InChI=1S/C22H30N2O5S2/c1-2-30(25,26)19-18-29-21-8-10-22(11-9-21)31(27,28)24-16-14-23(15-17-24)13-12-20-6-4-3-5-7-20/h3-11H,2,12-19H2,1H3. The summed E-state index contributed by atoms with van der Waals surface area (Å²) >= 11 is 0. The van der Waals surface area contributed by atoms with E-state index in [0.29, 0.717) is 31.9 Å². The predicted octanol–water partition coefficient (Wildman–Crippen LogP) is 2.05. The van der Waals surface area contributed by atoms with Crippen molar-refractivity contribution >= 4 is 19.9 Å². The maximum Gasteiger partial charge on any atom is 0.243 e. The zero-order valence-corrected chi connectivity index (χ0v) is 19.4. The van der Waals surface area contributed by atoms with E-state index in [2.05, 4.69) is 17.0 Å². The number of benzene rings is 2. The normalized spacial score (nSPS) is 16.3. The molecule has 0 aliphatic carbocycles. The van der Waals surface area contributed by atoms with Gasteiger partial charge in [0.2, 0.25) is 10.0 Å². The zero-order valence-electron chi connectivity index (χ0n) is 17.8. The molecule has 1 fully saturated rings. The molecule has 0 radical (unpaired) electrons. The van der Waals surface area contributed by atoms with Crippen LogP contribution in [-0.4, -0.2) is 76.9 Å². The molecule has 7 nitrogen and oxygen atoms in total. The highest BCUT2D eigenvalue weighted by Crippen LogP contribution is 2.21. The lowest BCUT2D eigenvalue weighted by molar-refractivity contribution is 0.190. The minimum Gasteiger partial charge on any atom is -0.493 e. The number of hydrogen-bond acceptors (Lipinski definition) is 6. The van der Waals surface area contributed by atoms with Crippen LogP contribution in [0.4, 0.5) is 0 Å². The summed E-state index contributed by atoms with van der Waals surface area (Å²) in [5.74, 6) is 0.474. The van der Waals surface area contributed by atoms with E-state index in [9.17, 15) is 16.8 Å². The lowest BCUT2D eigenvalue weighted by Gasteiger charge is -2.34. The van der Waals surface area contributed by atoms with Crippen molar-refractivity contribution in [1.82, 2.24) is 9.21 Å². The van der Waals surface area contributed by atoms with E-state index in [1.54, 1.807) is 19.1 Å². The number of nitrogens with zero attached hydrogens (tertiary/aromatic N) is 2. The summed E-state index contributed by atoms with van der Waals surface area (Å²) in [6, 6.07) is 16.5. The van der Waals surface area contributed by atoms with Crippen LogP contribution in [0, 0.1) is 0 Å². The monoisotopic (exact) mass is 466 g/mol. The second-order valence-electron chi connectivity index (χ2n) is 7.54. The minimum absolute atomic E-state index is 0.0488. The number of sulfonamides is 1. The van der Waals surface area contributed by atoms with Crippen LogP contribution in [0.2, 0.25) is 0 Å². The van der Waals surface area contributed by atoms with Crippen LogP contribution in [0.15, 0.2) is 59.5 Å². The van der Waals surface area contributed by atoms with Gasteiger partial charge in [-0.3, -0.25) is 0 Å². The van der Waals surface area contributed by atoms with Crippen molar-refractivity contribution in [3.05, 3.63) is 60.2 Å². The molecule has 31 heavy (non-hydrogen) atoms. The van der Waals surface area contributed by atoms with Gasteiger partial charge in [0, 0.05) is 38.5 Å². The maximum atomic E-state index is 13.0. The van der Waals surface area contributed by atoms with Crippen LogP contribution in [0.1, 0.15) is 12.5 Å². The quantitative estimate of drug-likeness (QED) is 0.533. The lowest BCUT2D eigenvalue weighted by Crippen LogP contribution is -2.48. The molecule has 2 aromatic carbocycles. The highest BCUT2D eigenvalue weighted by atomic mass is 32.2. The summed E-state index contributed by atoms with van der Waals surface area (Å²) < 4.78 is 55.9. The molecule has 0 N–H and O–H groups in total. The third kappa shape index (κ3) is 6.77. The molecule has 0 atom stereocenters. The molecule has 0 saturated carbocycles. The van der Waals surface area contributed by atoms with Gasteiger partial charge in [-0.1, -0.05) is 37.3 Å². The molecule has 0 amide bonds. The van der Waals surface area contributed by atoms with E-state index in [1.165, 1.54) is 22.0 Å². The van der Waals surface area contributed by atoms with Gasteiger partial charge in [-0.2, -0.15) is 4.31 Å². The van der Waals surface area contributed by atoms with Gasteiger partial charge in [0.1, 0.15) is 12.4 Å². The molecule has 1 aliphatic heterocycles. The molecule has 9 heteroatoms. The SMILES string of the molecule is CCS(=O)(=O)CCOc1ccc(S(=O)(=O)N2CCN(CCc3ccccc3)CC2)cc1. The fraction of sp³-hybridized carbons (Fsp3) is 0.455. The lowest BCUT2D eigenvalue weighted by atomic mass is 10.1. The van der Waals surface area contributed by atoms with Gasteiger partial charge in [-0.05, 0) is 36.2 Å². The smallest absolute Gasteiger partial charge is 0.243 e. The fourth-order valence-electron chi connectivity index (χ4n) is 3.41. The molecule has 0 spiro atoms. The average Bonchev–Trinajstić information content (AvgIpc) is 2.79. The van der Waals surface area contributed by atoms with E-state index >= 15 is 0 Å². The van der Waals surface area contributed by atoms with Crippen LogP contribution >= 0.6 is 0 Å². The Morgan fingerprint density at radius 3 is 2.13 bits per heavy atom. The molecule has 1 aliphatic rings. The molecular formula is C22H30N2O5S2. The Balaban J connectivity index is 1.50. The largest absolute Gasteiger partial charge is 0.493 e. The summed E-state index contributed by atoms with van der Waals surface area (Å²) in [5.41, 5.74) is 1.28. The van der Waals surface area contributed by atoms with Gasteiger partial charge in [0.25, 0.3) is 0 Å². The summed E-state index contributed by atoms with van der Waals surface area (Å²) in [5, 5.41) is 0. The van der Waals surface area contributed by atoms with E-state index < -0.39 is 19.9 Å². The molecular weight excluding hydrogens is 436 g/mol. The van der Waals surface area contributed by atoms with Gasteiger partial charge in [0.15, 0.2) is 9.84 Å². The van der Waals surface area contributed by atoms with Crippen molar-refractivity contribution in [2.75, 3.05) is 50.8 Å². The Labute approximate surface area is 185 Å². The first-order chi connectivity index (χ1) is 14.8. The Morgan fingerprint density at radius 1 is 0.871 bits per heavy atom. The Bertz CT molecular complexity index is 1030. The third-order valence-corrected chi connectivity index (χ3v) is 9.04. The second-order valence-corrected chi connectivity index (χ2v) is 11.9. The van der Waals surface area contributed by atoms with E-state index in [4.69, 9.17) is 4.74 Å². The van der Waals surface area contributed by atoms with Crippen LogP contribution in [0.25, 0.3) is 0 Å². The fourth-order valence-corrected chi connectivity index (χ4v) is 5.46. The molecule has 0 bridgehead atoms. The predicted molar refractivity (Wildman–Crippen MR) is 122 cm³/mol. The van der Waals surface area contributed by atoms with Gasteiger partial charge >= 0.3 is 0 Å². The van der Waals surface area contributed by atoms with Crippen LogP contribution in [0.3, 0.4) is 0 Å². The Morgan fingerprint density at radius 2 is 1.52 bits per heavy atom. The molecule has 1 heterocycles. The van der Waals surface area contributed by atoms with Crippen LogP contribution in [0.5, 0.6) is 5.75 Å². The molecule has 1 saturated heterocycles. The number of piperazine rings is 1. The summed E-state index contributed by atoms with van der Waals surface area (Å²) in [6.45, 7) is 4.90. The zero-order chi connectivity index (χ0) is 22.3. The van der Waals surface area contributed by atoms with Gasteiger partial charge in [0.05, 0.1) is 10.6 Å². The summed E-state index contributed by atoms with van der Waals surface area (Å²) in [6.07, 6.45) is 0.953. The maximum absolute atomic E-state index is 13.0. The molecule has 2 aromatic rings. The summed E-state index contributed by atoms with van der Waals surface area (Å²) in [7, 11) is -6.65. The first-order valence-corrected chi connectivity index (χ1v) is 13.8. The van der Waals surface area contributed by atoms with Crippen molar-refractivity contribution in [1.29, 1.82) is 0 Å². The molecule has 0 aromatic heterocycles. The van der Waals surface area contributed by atoms with E-state index in [0.717, 1.165) is 13.0 Å². The van der Waals surface area contributed by atoms with Gasteiger partial charge in [-0.15, -0.1) is 0 Å². The number of rotatable bonds is 10. The van der Waals surface area contributed by atoms with Crippen molar-refractivity contribution in [3.8, 4) is 5.75 Å². The number of ether oxygens (including phenoxy) is 1. The molecule has 170 valence electrons. The number of sulfone groups is 1. The second kappa shape index (κ2) is 10.6. The van der Waals surface area contributed by atoms with Crippen LogP contribution in [-0.2, 0) is 26.3 Å². The highest BCUT2D eigenvalue weighted by molar-refractivity contribution is 7.91. The third-order valence-electron chi connectivity index (χ3n) is 5.46. The van der Waals surface area contributed by atoms with Crippen molar-refractivity contribution in [3.63, 3.8) is 0 Å². The molecule has 0 unspecified atom stereocenters. The minimum atomic E-state index is -3.56. The van der Waals surface area contributed by atoms with Gasteiger partial charge < -0.3 is 9.64 Å². The van der Waals surface area contributed by atoms with Crippen molar-refractivity contribution in [2.24, 2.45) is 0 Å². The summed E-state index contributed by atoms with van der Waals surface area (Å²) in [4.78, 5) is 2.51. The first kappa shape index (κ1) is 23.7.